The maximum Gasteiger partial charge on any atom is 0.416 e. The van der Waals surface area contributed by atoms with Crippen molar-refractivity contribution in [2.24, 2.45) is 0 Å². The Morgan fingerprint density at radius 1 is 1.36 bits per heavy atom. The molecule has 0 bridgehead atoms. The van der Waals surface area contributed by atoms with Crippen LogP contribution in [-0.4, -0.2) is 27.0 Å². The van der Waals surface area contributed by atoms with E-state index in [1.54, 1.807) is 12.2 Å². The van der Waals surface area contributed by atoms with Crippen molar-refractivity contribution in [3.63, 3.8) is 0 Å². The van der Waals surface area contributed by atoms with Gasteiger partial charge in [-0.1, -0.05) is 16.7 Å². The predicted octanol–water partition coefficient (Wildman–Crippen LogP) is 2.80. The van der Waals surface area contributed by atoms with Crippen LogP contribution in [0.15, 0.2) is 47.5 Å². The second kappa shape index (κ2) is 6.49. The van der Waals surface area contributed by atoms with E-state index < -0.39 is 11.7 Å². The molecule has 0 aliphatic heterocycles. The summed E-state index contributed by atoms with van der Waals surface area (Å²) in [6.45, 7) is -0.0710. The molecule has 2 aromatic rings. The number of hydrogen-bond donors (Lipinski definition) is 1. The van der Waals surface area contributed by atoms with Crippen LogP contribution >= 0.6 is 0 Å². The Kier molecular flexibility index (Phi) is 4.23. The van der Waals surface area contributed by atoms with Gasteiger partial charge in [0.2, 0.25) is 5.88 Å². The smallest absolute Gasteiger partial charge is 0.416 e. The highest BCUT2D eigenvalue weighted by molar-refractivity contribution is 5.77. The minimum atomic E-state index is -4.47. The van der Waals surface area contributed by atoms with Crippen molar-refractivity contribution in [1.82, 2.24) is 20.4 Å². The maximum absolute atomic E-state index is 12.7. The van der Waals surface area contributed by atoms with Gasteiger partial charge < -0.3 is 4.74 Å². The zero-order valence-corrected chi connectivity index (χ0v) is 12.4. The molecule has 1 aliphatic carbocycles. The van der Waals surface area contributed by atoms with Crippen LogP contribution in [0.25, 0.3) is 5.57 Å². The molecule has 0 aromatic carbocycles. The summed E-state index contributed by atoms with van der Waals surface area (Å²) < 4.78 is 43.3. The van der Waals surface area contributed by atoms with Gasteiger partial charge in [-0.2, -0.15) is 18.4 Å². The van der Waals surface area contributed by atoms with Crippen molar-refractivity contribution in [3.05, 3.63) is 64.5 Å². The summed E-state index contributed by atoms with van der Waals surface area (Å²) in [5.41, 5.74) is 6.27. The van der Waals surface area contributed by atoms with Crippen molar-refractivity contribution in [3.8, 4) is 11.9 Å². The first-order valence-corrected chi connectivity index (χ1v) is 6.87. The Hall–Kier alpha value is -3.59. The second-order valence-electron chi connectivity index (χ2n) is 4.85. The lowest BCUT2D eigenvalue weighted by Crippen LogP contribution is -2.07. The lowest BCUT2D eigenvalue weighted by molar-refractivity contribution is -0.137. The van der Waals surface area contributed by atoms with Crippen LogP contribution in [0.4, 0.5) is 13.2 Å². The third kappa shape index (κ3) is 3.67. The number of aromatic amines is 1. The van der Waals surface area contributed by atoms with E-state index in [0.717, 1.165) is 18.3 Å². The number of alkyl halides is 3. The lowest BCUT2D eigenvalue weighted by Gasteiger charge is -2.09. The molecule has 6 nitrogen and oxygen atoms in total. The number of aromatic nitrogens is 4. The summed E-state index contributed by atoms with van der Waals surface area (Å²) in [5, 5.41) is 18.8. The summed E-state index contributed by atoms with van der Waals surface area (Å²) in [4.78, 5) is 3.75. The molecule has 0 amide bonds. The van der Waals surface area contributed by atoms with Crippen LogP contribution in [-0.2, 0) is 6.18 Å². The van der Waals surface area contributed by atoms with Crippen LogP contribution in [0.5, 0.6) is 5.88 Å². The van der Waals surface area contributed by atoms with E-state index in [-0.39, 0.29) is 18.2 Å². The predicted molar refractivity (Wildman–Crippen MR) is 78.9 cm³/mol. The number of halogens is 3. The number of allylic oxidation sites excluding steroid dienone is 2. The van der Waals surface area contributed by atoms with Gasteiger partial charge in [-0.3, -0.25) is 0 Å². The molecular formula is C16H8F3N5O. The molecule has 9 heteroatoms. The molecule has 0 fully saturated rings. The van der Waals surface area contributed by atoms with Crippen LogP contribution in [0.2, 0.25) is 0 Å². The number of hydrogen-bond acceptors (Lipinski definition) is 5. The summed E-state index contributed by atoms with van der Waals surface area (Å²) in [6.07, 6.45) is -0.256. The molecule has 0 saturated heterocycles. The fraction of sp³-hybridized carbons (Fsp3) is 0.125. The zero-order chi connectivity index (χ0) is 17.9. The third-order valence-corrected chi connectivity index (χ3v) is 3.16. The Balaban J connectivity index is 1.75. The van der Waals surface area contributed by atoms with Gasteiger partial charge in [0, 0.05) is 23.4 Å². The largest absolute Gasteiger partial charge is 0.472 e. The van der Waals surface area contributed by atoms with Crippen LogP contribution in [0.3, 0.4) is 0 Å². The molecule has 0 unspecified atom stereocenters. The van der Waals surface area contributed by atoms with Gasteiger partial charge >= 0.3 is 6.18 Å². The number of nitriles is 1. The lowest BCUT2D eigenvalue weighted by atomic mass is 10.1. The van der Waals surface area contributed by atoms with E-state index in [9.17, 15) is 13.2 Å². The molecule has 0 radical (unpaired) electrons. The summed E-state index contributed by atoms with van der Waals surface area (Å²) in [6, 6.07) is 3.60. The number of H-pyrrole nitrogens is 1. The summed E-state index contributed by atoms with van der Waals surface area (Å²) >= 11 is 0. The molecule has 1 aliphatic rings. The van der Waals surface area contributed by atoms with Gasteiger partial charge in [-0.15, -0.1) is 5.10 Å². The van der Waals surface area contributed by atoms with E-state index in [2.05, 4.69) is 31.9 Å². The first-order chi connectivity index (χ1) is 12.0. The molecule has 124 valence electrons. The third-order valence-electron chi connectivity index (χ3n) is 3.16. The molecular weight excluding hydrogens is 335 g/mol. The van der Waals surface area contributed by atoms with Gasteiger partial charge in [-0.05, 0) is 18.2 Å². The Bertz CT molecular complexity index is 984. The minimum absolute atomic E-state index is 0.0710. The maximum atomic E-state index is 12.7. The van der Waals surface area contributed by atoms with Crippen molar-refractivity contribution in [2.75, 3.05) is 6.61 Å². The van der Waals surface area contributed by atoms with Gasteiger partial charge in [0.15, 0.2) is 5.69 Å². The Morgan fingerprint density at radius 3 is 2.96 bits per heavy atom. The van der Waals surface area contributed by atoms with Gasteiger partial charge in [0.25, 0.3) is 0 Å². The van der Waals surface area contributed by atoms with Crippen molar-refractivity contribution < 1.29 is 17.9 Å². The Labute approximate surface area is 139 Å². The number of nitrogens with one attached hydrogen (secondary N) is 1. The van der Waals surface area contributed by atoms with Crippen LogP contribution < -0.4 is 4.74 Å². The molecule has 0 atom stereocenters. The monoisotopic (exact) mass is 343 g/mol. The van der Waals surface area contributed by atoms with Crippen LogP contribution in [0.1, 0.15) is 17.0 Å². The highest BCUT2D eigenvalue weighted by Gasteiger charge is 2.31. The van der Waals surface area contributed by atoms with Crippen molar-refractivity contribution >= 4 is 5.57 Å². The number of nitrogens with zero attached hydrogens (tertiary/aromatic N) is 4. The first-order valence-electron chi connectivity index (χ1n) is 6.87. The van der Waals surface area contributed by atoms with E-state index in [4.69, 9.17) is 10.00 Å². The highest BCUT2D eigenvalue weighted by atomic mass is 19.4. The van der Waals surface area contributed by atoms with Crippen molar-refractivity contribution in [1.29, 1.82) is 5.26 Å². The molecule has 2 aromatic heterocycles. The van der Waals surface area contributed by atoms with E-state index in [0.29, 0.717) is 16.8 Å². The number of ether oxygens (including phenoxy) is 1. The second-order valence-corrected chi connectivity index (χ2v) is 4.85. The standard InChI is InChI=1S/C16H8F3N5O/c17-16(18,19)12-4-5-21-14(7-12)25-9-10-2-1-3-11(6-10)15-13(8-20)22-24-23-15/h3-7H,9H2,(H,22,23,24). The zero-order valence-electron chi connectivity index (χ0n) is 12.4. The van der Waals surface area contributed by atoms with Gasteiger partial charge in [0.05, 0.1) is 5.56 Å². The summed E-state index contributed by atoms with van der Waals surface area (Å²) in [5.74, 6) is -0.159. The average Bonchev–Trinajstić information content (AvgIpc) is 3.08. The first kappa shape index (κ1) is 16.3. The van der Waals surface area contributed by atoms with E-state index in [1.807, 2.05) is 6.07 Å². The summed E-state index contributed by atoms with van der Waals surface area (Å²) in [7, 11) is 0. The van der Waals surface area contributed by atoms with E-state index in [1.165, 1.54) is 0 Å². The highest BCUT2D eigenvalue weighted by Crippen LogP contribution is 2.30. The SMILES string of the molecule is N#Cc1[nH]nnc1C1=CC(COc2cc(C(F)(F)F)ccn2)=C=C=C1. The fourth-order valence-electron chi connectivity index (χ4n) is 2.01. The molecule has 2 heterocycles. The molecule has 1 N–H and O–H groups in total. The fourth-order valence-corrected chi connectivity index (χ4v) is 2.01. The minimum Gasteiger partial charge on any atom is -0.472 e. The van der Waals surface area contributed by atoms with Gasteiger partial charge in [0.1, 0.15) is 18.4 Å². The number of pyridine rings is 1. The molecule has 3 rings (SSSR count). The molecule has 0 saturated carbocycles. The van der Waals surface area contributed by atoms with Gasteiger partial charge in [-0.25, -0.2) is 10.1 Å². The molecule has 0 spiro atoms. The van der Waals surface area contributed by atoms with Crippen LogP contribution in [0, 0.1) is 11.3 Å². The normalized spacial score (nSPS) is 13.2. The topological polar surface area (TPSA) is 87.5 Å². The quantitative estimate of drug-likeness (QED) is 0.863. The van der Waals surface area contributed by atoms with E-state index >= 15 is 0 Å². The average molecular weight is 343 g/mol. The van der Waals surface area contributed by atoms with Crippen molar-refractivity contribution in [2.45, 2.75) is 6.18 Å². The number of rotatable bonds is 4. The molecule has 25 heavy (non-hydrogen) atoms. The Morgan fingerprint density at radius 2 is 2.20 bits per heavy atom.